The summed E-state index contributed by atoms with van der Waals surface area (Å²) in [7, 11) is 3.50. The molecule has 2 aliphatic rings. The standard InChI is InChI=1S/C26H29N5O4/c1-4-13-30(2)23(29-34)19-7-5-18(6-8-19)11-12-26(24(32)27-25(33)28-26)17-31-15-20-9-10-22(35-3)14-21(20)16-31/h5-10,14,34H,4,13,15-17H2,1-3H3,(H2,27,28,32,33)/t26-/m1/s1. The van der Waals surface area contributed by atoms with Gasteiger partial charge in [0, 0.05) is 44.4 Å². The molecule has 3 N–H and O–H groups in total. The zero-order chi connectivity index (χ0) is 25.0. The number of fused-ring (bicyclic) bond motifs is 1. The van der Waals surface area contributed by atoms with Crippen LogP contribution in [0.2, 0.25) is 0 Å². The molecule has 2 aromatic rings. The fourth-order valence-electron chi connectivity index (χ4n) is 4.42. The summed E-state index contributed by atoms with van der Waals surface area (Å²) in [5, 5.41) is 17.9. The van der Waals surface area contributed by atoms with E-state index in [4.69, 9.17) is 4.74 Å². The van der Waals surface area contributed by atoms with Crippen LogP contribution in [0.5, 0.6) is 5.75 Å². The second-order valence-corrected chi connectivity index (χ2v) is 8.77. The summed E-state index contributed by atoms with van der Waals surface area (Å²) in [4.78, 5) is 28.8. The quantitative estimate of drug-likeness (QED) is 0.148. The van der Waals surface area contributed by atoms with Crippen molar-refractivity contribution in [2.75, 3.05) is 27.2 Å². The van der Waals surface area contributed by atoms with Crippen LogP contribution in [0, 0.1) is 11.8 Å². The van der Waals surface area contributed by atoms with Gasteiger partial charge in [-0.2, -0.15) is 0 Å². The minimum Gasteiger partial charge on any atom is -0.497 e. The van der Waals surface area contributed by atoms with Gasteiger partial charge in [-0.3, -0.25) is 15.0 Å². The highest BCUT2D eigenvalue weighted by atomic mass is 16.5. The maximum atomic E-state index is 12.8. The van der Waals surface area contributed by atoms with Crippen LogP contribution in [0.25, 0.3) is 0 Å². The molecule has 1 saturated heterocycles. The zero-order valence-corrected chi connectivity index (χ0v) is 20.1. The van der Waals surface area contributed by atoms with Gasteiger partial charge < -0.3 is 20.2 Å². The molecule has 2 aromatic carbocycles. The predicted octanol–water partition coefficient (Wildman–Crippen LogP) is 2.12. The number of rotatable bonds is 6. The number of amides is 3. The first-order valence-electron chi connectivity index (χ1n) is 11.5. The number of urea groups is 1. The molecule has 182 valence electrons. The lowest BCUT2D eigenvalue weighted by Crippen LogP contribution is -2.53. The number of oxime groups is 1. The van der Waals surface area contributed by atoms with Gasteiger partial charge in [0.05, 0.1) is 7.11 Å². The predicted molar refractivity (Wildman–Crippen MR) is 131 cm³/mol. The third-order valence-corrected chi connectivity index (χ3v) is 6.18. The van der Waals surface area contributed by atoms with Crippen molar-refractivity contribution in [3.63, 3.8) is 0 Å². The molecule has 1 fully saturated rings. The molecule has 0 saturated carbocycles. The highest BCUT2D eigenvalue weighted by Crippen LogP contribution is 2.28. The van der Waals surface area contributed by atoms with Crippen LogP contribution < -0.4 is 15.4 Å². The largest absolute Gasteiger partial charge is 0.497 e. The van der Waals surface area contributed by atoms with Crippen LogP contribution in [-0.4, -0.2) is 65.6 Å². The Kier molecular flexibility index (Phi) is 6.94. The first-order valence-corrected chi connectivity index (χ1v) is 11.5. The topological polar surface area (TPSA) is 106 Å². The summed E-state index contributed by atoms with van der Waals surface area (Å²) in [5.41, 5.74) is 2.35. The smallest absolute Gasteiger partial charge is 0.323 e. The molecule has 9 nitrogen and oxygen atoms in total. The number of amidine groups is 1. The van der Waals surface area contributed by atoms with Crippen molar-refractivity contribution in [3.05, 3.63) is 64.7 Å². The minimum atomic E-state index is -1.36. The molecule has 0 spiro atoms. The number of carbonyl (C=O) groups is 2. The van der Waals surface area contributed by atoms with E-state index < -0.39 is 17.5 Å². The summed E-state index contributed by atoms with van der Waals surface area (Å²) >= 11 is 0. The van der Waals surface area contributed by atoms with Crippen molar-refractivity contribution in [2.24, 2.45) is 5.16 Å². The number of carbonyl (C=O) groups excluding carboxylic acids is 2. The molecular weight excluding hydrogens is 446 g/mol. The molecule has 35 heavy (non-hydrogen) atoms. The molecule has 0 bridgehead atoms. The number of imide groups is 1. The van der Waals surface area contributed by atoms with Gasteiger partial charge in [0.15, 0.2) is 11.4 Å². The molecule has 3 amide bonds. The molecule has 0 aromatic heterocycles. The van der Waals surface area contributed by atoms with E-state index in [1.54, 1.807) is 19.2 Å². The summed E-state index contributed by atoms with van der Waals surface area (Å²) in [6.07, 6.45) is 0.921. The van der Waals surface area contributed by atoms with Gasteiger partial charge in [-0.05, 0) is 53.9 Å². The summed E-state index contributed by atoms with van der Waals surface area (Å²) in [6, 6.07) is 12.6. The highest BCUT2D eigenvalue weighted by Gasteiger charge is 2.47. The van der Waals surface area contributed by atoms with Crippen LogP contribution in [0.1, 0.15) is 35.6 Å². The second kappa shape index (κ2) is 10.1. The summed E-state index contributed by atoms with van der Waals surface area (Å²) < 4.78 is 5.32. The Hall–Kier alpha value is -4.03. The van der Waals surface area contributed by atoms with Crippen molar-refractivity contribution in [1.82, 2.24) is 20.4 Å². The van der Waals surface area contributed by atoms with Crippen molar-refractivity contribution in [1.29, 1.82) is 0 Å². The van der Waals surface area contributed by atoms with E-state index in [-0.39, 0.29) is 6.54 Å². The van der Waals surface area contributed by atoms with Gasteiger partial charge in [0.25, 0.3) is 5.91 Å². The van der Waals surface area contributed by atoms with E-state index >= 15 is 0 Å². The van der Waals surface area contributed by atoms with E-state index in [9.17, 15) is 14.8 Å². The van der Waals surface area contributed by atoms with Crippen LogP contribution in [0.4, 0.5) is 4.79 Å². The molecule has 0 aliphatic carbocycles. The normalized spacial score (nSPS) is 19.5. The van der Waals surface area contributed by atoms with Crippen LogP contribution in [0.3, 0.4) is 0 Å². The van der Waals surface area contributed by atoms with E-state index in [0.29, 0.717) is 24.5 Å². The third kappa shape index (κ3) is 5.08. The summed E-state index contributed by atoms with van der Waals surface area (Å²) in [5.74, 6) is 6.85. The first-order chi connectivity index (χ1) is 16.9. The van der Waals surface area contributed by atoms with Gasteiger partial charge in [-0.25, -0.2) is 4.79 Å². The van der Waals surface area contributed by atoms with E-state index in [0.717, 1.165) is 35.4 Å². The fraction of sp³-hybridized carbons (Fsp3) is 0.346. The van der Waals surface area contributed by atoms with Crippen LogP contribution >= 0.6 is 0 Å². The Balaban J connectivity index is 1.54. The highest BCUT2D eigenvalue weighted by molar-refractivity contribution is 6.09. The van der Waals surface area contributed by atoms with E-state index in [1.165, 1.54) is 0 Å². The lowest BCUT2D eigenvalue weighted by Gasteiger charge is -2.26. The van der Waals surface area contributed by atoms with Gasteiger partial charge in [-0.15, -0.1) is 0 Å². The number of hydrogen-bond acceptors (Lipinski definition) is 6. The number of nitrogens with zero attached hydrogens (tertiary/aromatic N) is 3. The maximum Gasteiger partial charge on any atom is 0.323 e. The van der Waals surface area contributed by atoms with E-state index in [2.05, 4.69) is 39.5 Å². The summed E-state index contributed by atoms with van der Waals surface area (Å²) in [6.45, 7) is 4.33. The molecule has 2 aliphatic heterocycles. The van der Waals surface area contributed by atoms with E-state index in [1.807, 2.05) is 42.3 Å². The van der Waals surface area contributed by atoms with Gasteiger partial charge in [0.2, 0.25) is 0 Å². The monoisotopic (exact) mass is 475 g/mol. The molecule has 0 radical (unpaired) electrons. The van der Waals surface area contributed by atoms with Crippen molar-refractivity contribution in [2.45, 2.75) is 32.0 Å². The number of ether oxygens (including phenoxy) is 1. The average Bonchev–Trinajstić information content (AvgIpc) is 3.37. The van der Waals surface area contributed by atoms with Crippen molar-refractivity contribution < 1.29 is 19.5 Å². The number of benzene rings is 2. The van der Waals surface area contributed by atoms with Crippen LogP contribution in [-0.2, 0) is 17.9 Å². The molecule has 1 atom stereocenters. The molecular formula is C26H29N5O4. The molecule has 9 heteroatoms. The van der Waals surface area contributed by atoms with Gasteiger partial charge in [0.1, 0.15) is 5.75 Å². The molecule has 0 unspecified atom stereocenters. The molecule has 2 heterocycles. The Morgan fingerprint density at radius 2 is 1.94 bits per heavy atom. The second-order valence-electron chi connectivity index (χ2n) is 8.77. The number of hydrogen-bond donors (Lipinski definition) is 3. The minimum absolute atomic E-state index is 0.246. The van der Waals surface area contributed by atoms with Gasteiger partial charge >= 0.3 is 6.03 Å². The zero-order valence-electron chi connectivity index (χ0n) is 20.1. The average molecular weight is 476 g/mol. The SMILES string of the molecule is CCCN(C)C(=NO)c1ccc(C#C[C@]2(CN3Cc4ccc(OC)cc4C3)NC(=O)NC2=O)cc1. The third-order valence-electron chi connectivity index (χ3n) is 6.18. The first kappa shape index (κ1) is 24.1. The Morgan fingerprint density at radius 3 is 2.57 bits per heavy atom. The lowest BCUT2D eigenvalue weighted by molar-refractivity contribution is -0.122. The van der Waals surface area contributed by atoms with Crippen molar-refractivity contribution in [3.8, 4) is 17.6 Å². The lowest BCUT2D eigenvalue weighted by atomic mass is 9.99. The van der Waals surface area contributed by atoms with Crippen molar-refractivity contribution >= 4 is 17.8 Å². The van der Waals surface area contributed by atoms with Crippen LogP contribution in [0.15, 0.2) is 47.6 Å². The fourth-order valence-corrected chi connectivity index (χ4v) is 4.42. The molecule has 4 rings (SSSR count). The Bertz CT molecular complexity index is 1210. The number of methoxy groups -OCH3 is 1. The number of nitrogens with one attached hydrogen (secondary N) is 2. The maximum absolute atomic E-state index is 12.8. The van der Waals surface area contributed by atoms with Gasteiger partial charge in [-0.1, -0.05) is 30.0 Å². The Labute approximate surface area is 204 Å². The Morgan fingerprint density at radius 1 is 1.20 bits per heavy atom.